The lowest BCUT2D eigenvalue weighted by Gasteiger charge is -2.32. The Bertz CT molecular complexity index is 6080. The smallest absolute Gasteiger partial charge is 0.255 e. The van der Waals surface area contributed by atoms with E-state index in [-0.39, 0.29) is 17.7 Å². The summed E-state index contributed by atoms with van der Waals surface area (Å²) in [6.07, 6.45) is 19.5. The molecule has 3 fully saturated rings. The van der Waals surface area contributed by atoms with Gasteiger partial charge in [-0.1, -0.05) is 63.6 Å². The molecule has 0 unspecified atom stereocenters. The molecule has 648 valence electrons. The van der Waals surface area contributed by atoms with E-state index in [1.54, 1.807) is 55.8 Å². The third-order valence-electron chi connectivity index (χ3n) is 22.5. The zero-order valence-electron chi connectivity index (χ0n) is 72.4. The van der Waals surface area contributed by atoms with Gasteiger partial charge in [-0.05, 0) is 238 Å². The number of nitrogens with one attached hydrogen (secondary N) is 6. The maximum atomic E-state index is 13.1. The van der Waals surface area contributed by atoms with Gasteiger partial charge in [0.25, 0.3) is 17.7 Å². The van der Waals surface area contributed by atoms with Crippen molar-refractivity contribution < 1.29 is 14.4 Å². The van der Waals surface area contributed by atoms with E-state index >= 15 is 0 Å². The van der Waals surface area contributed by atoms with Crippen LogP contribution in [0, 0.1) is 34.6 Å². The monoisotopic (exact) mass is 1760 g/mol. The van der Waals surface area contributed by atoms with Gasteiger partial charge in [-0.2, -0.15) is 0 Å². The third-order valence-corrected chi connectivity index (χ3v) is 25.1. The molecule has 32 heteroatoms. The lowest BCUT2D eigenvalue weighted by molar-refractivity contribution is 0.101. The molecule has 29 nitrogen and oxygen atoms in total. The van der Waals surface area contributed by atoms with Gasteiger partial charge < -0.3 is 46.6 Å². The Morgan fingerprint density at radius 3 is 1.03 bits per heavy atom. The largest absolute Gasteiger partial charge is 0.324 e. The zero-order valence-corrected chi connectivity index (χ0v) is 74.9. The van der Waals surface area contributed by atoms with Crippen LogP contribution in [0.5, 0.6) is 0 Å². The summed E-state index contributed by atoms with van der Waals surface area (Å²) in [5.41, 5.74) is 22.7. The lowest BCUT2D eigenvalue weighted by Crippen LogP contribution is -2.43. The number of carbonyl (C=O) groups excluding carboxylic acids is 3. The van der Waals surface area contributed by atoms with E-state index < -0.39 is 0 Å². The minimum absolute atomic E-state index is 0.150. The van der Waals surface area contributed by atoms with Gasteiger partial charge >= 0.3 is 0 Å². The first kappa shape index (κ1) is 87.8. The van der Waals surface area contributed by atoms with E-state index in [2.05, 4.69) is 142 Å². The van der Waals surface area contributed by atoms with Crippen LogP contribution < -0.4 is 31.9 Å². The summed E-state index contributed by atoms with van der Waals surface area (Å²) in [7, 11) is 6.48. The number of rotatable bonds is 24. The Morgan fingerprint density at radius 1 is 0.344 bits per heavy atom. The molecule has 0 bridgehead atoms. The summed E-state index contributed by atoms with van der Waals surface area (Å²) in [6.45, 7) is 25.6. The highest BCUT2D eigenvalue weighted by molar-refractivity contribution is 7.10. The van der Waals surface area contributed by atoms with Gasteiger partial charge in [0.1, 0.15) is 0 Å². The van der Waals surface area contributed by atoms with E-state index in [4.69, 9.17) is 15.0 Å². The molecule has 0 atom stereocenters. The second-order valence-electron chi connectivity index (χ2n) is 32.1. The molecular weight excluding hydrogens is 1660 g/mol. The summed E-state index contributed by atoms with van der Waals surface area (Å²) in [5.74, 6) is 0.888. The van der Waals surface area contributed by atoms with Crippen molar-refractivity contribution in [2.24, 2.45) is 0 Å². The van der Waals surface area contributed by atoms with Crippen LogP contribution in [-0.2, 0) is 19.6 Å². The SMILES string of the molecule is Cc1ccc(NC(=O)c2ccc(CN3CCN(C)CC3)cc2)cc1Nc1nccc(-c2cncc(-c3cnns3)c2)n1.Cc1ccc(NC(=O)c2ccc(CN3CCN(C)CC3)cc2)cc1Nc1nccc(-c2cncc(-c3sncc3C)c2)n1.Cc1ccc(NC(=O)c2ccc(CN3CCN(C)CC3)cc2)cc1Nc1nccc(-c2cncc(-c3snnc3C)c2)n1. The van der Waals surface area contributed by atoms with E-state index in [0.717, 1.165) is 208 Å². The van der Waals surface area contributed by atoms with Crippen molar-refractivity contribution >= 4 is 104 Å². The number of piperazine rings is 3. The number of hydrogen-bond donors (Lipinski definition) is 6. The van der Waals surface area contributed by atoms with Gasteiger partial charge in [0.2, 0.25) is 17.8 Å². The molecule has 6 N–H and O–H groups in total. The van der Waals surface area contributed by atoms with E-state index in [0.29, 0.717) is 51.6 Å². The number of carbonyl (C=O) groups is 3. The summed E-state index contributed by atoms with van der Waals surface area (Å²) < 4.78 is 12.3. The van der Waals surface area contributed by atoms with E-state index in [1.165, 1.54) is 51.3 Å². The molecular formula is C96H98N26O3S3. The normalized spacial score (nSPS) is 14.0. The van der Waals surface area contributed by atoms with Crippen molar-refractivity contribution in [3.8, 4) is 65.1 Å². The number of likely N-dealkylation sites (N-methyl/N-ethyl adjacent to an activating group) is 3. The number of amides is 3. The molecule has 6 aromatic carbocycles. The minimum Gasteiger partial charge on any atom is -0.324 e. The molecule has 18 rings (SSSR count). The van der Waals surface area contributed by atoms with Crippen molar-refractivity contribution in [3.63, 3.8) is 0 Å². The number of anilines is 9. The molecule has 12 heterocycles. The number of benzene rings is 6. The van der Waals surface area contributed by atoms with E-state index in [1.807, 2.05) is 205 Å². The number of nitrogens with zero attached hydrogens (tertiary/aromatic N) is 20. The topological polar surface area (TPSA) is 323 Å². The molecule has 3 aliphatic heterocycles. The summed E-state index contributed by atoms with van der Waals surface area (Å²) in [5, 5.41) is 27.0. The molecule has 3 amide bonds. The van der Waals surface area contributed by atoms with Gasteiger partial charge in [0, 0.05) is 244 Å². The summed E-state index contributed by atoms with van der Waals surface area (Å²) in [4.78, 5) is 97.2. The number of aryl methyl sites for hydroxylation is 5. The fraction of sp³-hybridized carbons (Fsp3) is 0.240. The highest BCUT2D eigenvalue weighted by Crippen LogP contribution is 2.35. The number of hydrogen-bond acceptors (Lipinski definition) is 29. The molecule has 0 aliphatic carbocycles. The summed E-state index contributed by atoms with van der Waals surface area (Å²) in [6, 6.07) is 52.5. The third kappa shape index (κ3) is 23.3. The fourth-order valence-electron chi connectivity index (χ4n) is 14.8. The first-order valence-electron chi connectivity index (χ1n) is 42.2. The molecule has 0 saturated carbocycles. The molecule has 3 aliphatic rings. The van der Waals surface area contributed by atoms with E-state index in [9.17, 15) is 14.4 Å². The van der Waals surface area contributed by atoms with Crippen LogP contribution in [0.2, 0.25) is 0 Å². The molecule has 128 heavy (non-hydrogen) atoms. The molecule has 9 aromatic heterocycles. The van der Waals surface area contributed by atoms with Crippen LogP contribution in [0.1, 0.15) is 75.7 Å². The average molecular weight is 1760 g/mol. The fourth-order valence-corrected chi connectivity index (χ4v) is 16.6. The van der Waals surface area contributed by atoms with Crippen molar-refractivity contribution in [1.29, 1.82) is 0 Å². The second kappa shape index (κ2) is 41.6. The van der Waals surface area contributed by atoms with Gasteiger partial charge in [0.15, 0.2) is 0 Å². The minimum atomic E-state index is -0.155. The van der Waals surface area contributed by atoms with Gasteiger partial charge in [-0.3, -0.25) is 44.0 Å². The maximum absolute atomic E-state index is 13.1. The number of aromatic nitrogens is 14. The van der Waals surface area contributed by atoms with Crippen molar-refractivity contribution in [2.75, 3.05) is 132 Å². The molecule has 0 spiro atoms. The van der Waals surface area contributed by atoms with Crippen LogP contribution in [0.15, 0.2) is 232 Å². The van der Waals surface area contributed by atoms with Crippen LogP contribution in [-0.4, -0.2) is 215 Å². The Balaban J connectivity index is 0.000000141. The predicted molar refractivity (Wildman–Crippen MR) is 509 cm³/mol. The summed E-state index contributed by atoms with van der Waals surface area (Å²) >= 11 is 4.12. The van der Waals surface area contributed by atoms with Crippen LogP contribution in [0.4, 0.5) is 52.0 Å². The lowest BCUT2D eigenvalue weighted by atomic mass is 10.1. The van der Waals surface area contributed by atoms with Crippen molar-refractivity contribution in [1.82, 2.24) is 97.8 Å². The van der Waals surface area contributed by atoms with Gasteiger partial charge in [-0.15, -0.1) is 10.2 Å². The standard InChI is InChI=1S/C33H34N8OS.C32H33N9OS.C31H31N9OS/c1-22-4-9-28(37-32(42)25-7-5-24(6-8-25)21-41-14-12-40(3)13-15-41)17-30(22)39-33-35-11-10-29(38-33)26-16-27(20-34-19-26)31-23(2)18-36-43-31;1-21-4-9-27(35-31(42)24-7-5-23(6-8-24)20-41-14-12-40(3)13-15-41)17-29(21)37-32-34-11-10-28(36-32)25-16-26(19-33-18-25)30-22(2)38-39-43-30;1-21-3-8-26(35-30(41)23-6-4-22(5-7-23)20-40-13-11-39(2)12-14-40)16-28(21)37-31-33-10-9-27(36-31)24-15-25(18-32-17-24)29-19-34-38-42-29/h4-11,16-20H,12-15,21H2,1-3H3,(H,37,42)(H,35,38,39);4-11,16-19H,12-15,20H2,1-3H3,(H,35,42)(H,34,36,37);3-10,15-19H,11-14,20H2,1-2H3,(H,35,41)(H,33,36,37). The number of pyridine rings is 3. The first-order chi connectivity index (χ1) is 62.3. The quantitative estimate of drug-likeness (QED) is 0.0327. The molecule has 3 saturated heterocycles. The highest BCUT2D eigenvalue weighted by Gasteiger charge is 2.22. The highest BCUT2D eigenvalue weighted by atomic mass is 32.1. The van der Waals surface area contributed by atoms with Crippen molar-refractivity contribution in [2.45, 2.75) is 54.3 Å². The molecule has 15 aromatic rings. The maximum Gasteiger partial charge on any atom is 0.255 e. The second-order valence-corrected chi connectivity index (χ2v) is 34.5. The Kier molecular flexibility index (Phi) is 28.6. The van der Waals surface area contributed by atoms with Gasteiger partial charge in [0.05, 0.1) is 43.6 Å². The van der Waals surface area contributed by atoms with Crippen LogP contribution in [0.3, 0.4) is 0 Å². The van der Waals surface area contributed by atoms with Crippen LogP contribution in [0.25, 0.3) is 65.1 Å². The van der Waals surface area contributed by atoms with Gasteiger partial charge in [-0.25, -0.2) is 34.3 Å². The molecule has 0 radical (unpaired) electrons. The Labute approximate surface area is 755 Å². The average Bonchev–Trinajstić information content (AvgIpc) is 1.40. The zero-order chi connectivity index (χ0) is 88.4. The Hall–Kier alpha value is -13.7. The van der Waals surface area contributed by atoms with Crippen molar-refractivity contribution in [3.05, 3.63) is 293 Å². The first-order valence-corrected chi connectivity index (χ1v) is 44.6. The van der Waals surface area contributed by atoms with Crippen LogP contribution >= 0.6 is 34.6 Å². The Morgan fingerprint density at radius 2 is 0.695 bits per heavy atom. The predicted octanol–water partition coefficient (Wildman–Crippen LogP) is 16.5.